The van der Waals surface area contributed by atoms with Crippen LogP contribution in [0.3, 0.4) is 0 Å². The average Bonchev–Trinajstić information content (AvgIpc) is 2.00. The Kier molecular flexibility index (Phi) is 11.9. The number of thiol groups is 1. The van der Waals surface area contributed by atoms with E-state index in [2.05, 4.69) is 26.7 Å². The van der Waals surface area contributed by atoms with Gasteiger partial charge in [-0.1, -0.05) is 38.4 Å². The molecule has 0 saturated heterocycles. The minimum atomic E-state index is 0. The molecule has 0 amide bonds. The third-order valence-corrected chi connectivity index (χ3v) is 2.75. The maximum absolute atomic E-state index is 7.51. The van der Waals surface area contributed by atoms with Gasteiger partial charge >= 0.3 is 0 Å². The second kappa shape index (κ2) is 9.55. The molecule has 0 unspecified atom stereocenters. The molecule has 0 heterocycles. The molecule has 74 valence electrons. The molecule has 0 aliphatic heterocycles. The summed E-state index contributed by atoms with van der Waals surface area (Å²) in [5, 5.41) is 8.08. The number of nitrogens with zero attached hydrogens (tertiary/aromatic N) is 1. The van der Waals surface area contributed by atoms with E-state index in [1.807, 2.05) is 0 Å². The lowest BCUT2D eigenvalue weighted by Gasteiger charge is -2.15. The Balaban J connectivity index is 0. The second-order valence-electron chi connectivity index (χ2n) is 2.28. The minimum absolute atomic E-state index is 0. The van der Waals surface area contributed by atoms with Crippen molar-refractivity contribution in [2.45, 2.75) is 26.7 Å². The van der Waals surface area contributed by atoms with Gasteiger partial charge in [0, 0.05) is 12.3 Å². The lowest BCUT2D eigenvalue weighted by atomic mass is 10.5. The predicted molar refractivity (Wildman–Crippen MR) is 63.7 cm³/mol. The molecule has 0 bridgehead atoms. The molecule has 0 aromatic heterocycles. The van der Waals surface area contributed by atoms with Crippen LogP contribution in [0.25, 0.3) is 0 Å². The van der Waals surface area contributed by atoms with Gasteiger partial charge in [-0.15, -0.1) is 12.4 Å². The zero-order chi connectivity index (χ0) is 8.69. The molecule has 0 radical (unpaired) electrons. The molecule has 0 aliphatic rings. The van der Waals surface area contributed by atoms with Gasteiger partial charge in [0.1, 0.15) is 0 Å². The first-order valence-corrected chi connectivity index (χ1v) is 5.28. The quantitative estimate of drug-likeness (QED) is 0.440. The molecule has 0 atom stereocenters. The first-order valence-electron chi connectivity index (χ1n) is 3.90. The number of amidine groups is 1. The molecule has 12 heavy (non-hydrogen) atoms. The topological polar surface area (TPSA) is 27.1 Å². The monoisotopic (exact) mass is 228 g/mol. The van der Waals surface area contributed by atoms with E-state index in [4.69, 9.17) is 5.41 Å². The molecule has 1 N–H and O–H groups in total. The third kappa shape index (κ3) is 7.13. The summed E-state index contributed by atoms with van der Waals surface area (Å²) < 4.78 is 1.69. The van der Waals surface area contributed by atoms with E-state index < -0.39 is 0 Å². The van der Waals surface area contributed by atoms with Gasteiger partial charge in [-0.3, -0.25) is 9.71 Å². The Morgan fingerprint density at radius 1 is 1.42 bits per heavy atom. The van der Waals surface area contributed by atoms with Crippen LogP contribution in [-0.4, -0.2) is 21.8 Å². The Bertz CT molecular complexity index is 122. The third-order valence-electron chi connectivity index (χ3n) is 1.11. The fourth-order valence-electron chi connectivity index (χ4n) is 0.587. The largest absolute Gasteiger partial charge is 0.298 e. The highest BCUT2D eigenvalue weighted by Crippen LogP contribution is 2.10. The second-order valence-corrected chi connectivity index (χ2v) is 3.84. The van der Waals surface area contributed by atoms with Crippen molar-refractivity contribution in [1.82, 2.24) is 4.31 Å². The van der Waals surface area contributed by atoms with E-state index in [1.54, 1.807) is 16.1 Å². The minimum Gasteiger partial charge on any atom is -0.298 e. The van der Waals surface area contributed by atoms with Gasteiger partial charge in [0.05, 0.1) is 0 Å². The number of hydrogen-bond donors (Lipinski definition) is 2. The summed E-state index contributed by atoms with van der Waals surface area (Å²) in [4.78, 5) is 0. The number of halogens is 1. The molecule has 5 heteroatoms. The lowest BCUT2D eigenvalue weighted by molar-refractivity contribution is 0.666. The van der Waals surface area contributed by atoms with Crippen LogP contribution in [0.2, 0.25) is 0 Å². The standard InChI is InChI=1S/C7H16N2S2.ClH/c1-3-5-9(10)7(8)11-6-4-2;/h8,10H,3-6H2,1-2H3;1H. The normalized spacial score (nSPS) is 8.92. The summed E-state index contributed by atoms with van der Waals surface area (Å²) in [7, 11) is 0. The van der Waals surface area contributed by atoms with Crippen molar-refractivity contribution in [2.75, 3.05) is 12.3 Å². The first kappa shape index (κ1) is 15.0. The van der Waals surface area contributed by atoms with Crippen LogP contribution >= 0.6 is 37.0 Å². The number of nitrogens with one attached hydrogen (secondary N) is 1. The van der Waals surface area contributed by atoms with E-state index in [-0.39, 0.29) is 12.4 Å². The van der Waals surface area contributed by atoms with E-state index in [1.165, 1.54) is 0 Å². The highest BCUT2D eigenvalue weighted by atomic mass is 35.5. The summed E-state index contributed by atoms with van der Waals surface area (Å²) in [5.74, 6) is 1.01. The van der Waals surface area contributed by atoms with Gasteiger partial charge in [0.25, 0.3) is 0 Å². The smallest absolute Gasteiger partial charge is 0.166 e. The predicted octanol–water partition coefficient (Wildman–Crippen LogP) is 3.04. The Morgan fingerprint density at radius 3 is 2.42 bits per heavy atom. The Labute approximate surface area is 90.9 Å². The molecule has 0 spiro atoms. The lowest BCUT2D eigenvalue weighted by Crippen LogP contribution is -2.18. The van der Waals surface area contributed by atoms with Crippen LogP contribution in [0.5, 0.6) is 0 Å². The molecule has 0 saturated carbocycles. The van der Waals surface area contributed by atoms with Gasteiger partial charge in [-0.25, -0.2) is 0 Å². The number of rotatable bonds is 4. The summed E-state index contributed by atoms with van der Waals surface area (Å²) in [6.07, 6.45) is 2.15. The van der Waals surface area contributed by atoms with Crippen molar-refractivity contribution in [2.24, 2.45) is 0 Å². The van der Waals surface area contributed by atoms with Crippen molar-refractivity contribution in [3.63, 3.8) is 0 Å². The maximum atomic E-state index is 7.51. The van der Waals surface area contributed by atoms with Crippen LogP contribution < -0.4 is 0 Å². The fraction of sp³-hybridized carbons (Fsp3) is 0.857. The van der Waals surface area contributed by atoms with Crippen LogP contribution in [-0.2, 0) is 0 Å². The molecule has 0 aromatic carbocycles. The van der Waals surface area contributed by atoms with Crippen LogP contribution in [0.1, 0.15) is 26.7 Å². The SMILES string of the molecule is CCCSC(=N)N(S)CCC.Cl. The van der Waals surface area contributed by atoms with Crippen LogP contribution in [0, 0.1) is 5.41 Å². The van der Waals surface area contributed by atoms with Crippen molar-refractivity contribution >= 4 is 42.2 Å². The Hall–Kier alpha value is 0.460. The van der Waals surface area contributed by atoms with Crippen molar-refractivity contribution in [3.8, 4) is 0 Å². The van der Waals surface area contributed by atoms with Gasteiger partial charge < -0.3 is 0 Å². The number of hydrogen-bond acceptors (Lipinski definition) is 3. The molecule has 0 fully saturated rings. The zero-order valence-electron chi connectivity index (χ0n) is 7.54. The van der Waals surface area contributed by atoms with Gasteiger partial charge in [0.2, 0.25) is 0 Å². The first-order chi connectivity index (χ1) is 5.22. The molecular formula is C7H17ClN2S2. The summed E-state index contributed by atoms with van der Waals surface area (Å²) in [6, 6.07) is 0. The van der Waals surface area contributed by atoms with E-state index in [9.17, 15) is 0 Å². The fourth-order valence-corrected chi connectivity index (χ4v) is 1.60. The highest BCUT2D eigenvalue weighted by molar-refractivity contribution is 8.14. The summed E-state index contributed by atoms with van der Waals surface area (Å²) in [6.45, 7) is 5.06. The molecule has 0 rings (SSSR count). The summed E-state index contributed by atoms with van der Waals surface area (Å²) in [5.41, 5.74) is 0. The molecule has 0 aliphatic carbocycles. The van der Waals surface area contributed by atoms with E-state index >= 15 is 0 Å². The summed E-state index contributed by atoms with van der Waals surface area (Å²) >= 11 is 5.72. The van der Waals surface area contributed by atoms with E-state index in [0.29, 0.717) is 5.17 Å². The van der Waals surface area contributed by atoms with Crippen LogP contribution in [0.15, 0.2) is 0 Å². The average molecular weight is 229 g/mol. The molecule has 2 nitrogen and oxygen atoms in total. The molecular weight excluding hydrogens is 212 g/mol. The highest BCUT2D eigenvalue weighted by Gasteiger charge is 2.02. The van der Waals surface area contributed by atoms with Crippen LogP contribution in [0.4, 0.5) is 0 Å². The Morgan fingerprint density at radius 2 is 2.00 bits per heavy atom. The zero-order valence-corrected chi connectivity index (χ0v) is 10.1. The van der Waals surface area contributed by atoms with E-state index in [0.717, 1.165) is 25.1 Å². The van der Waals surface area contributed by atoms with Gasteiger partial charge in [-0.2, -0.15) is 0 Å². The van der Waals surface area contributed by atoms with Gasteiger partial charge in [-0.05, 0) is 12.8 Å². The molecule has 0 aromatic rings. The van der Waals surface area contributed by atoms with Crippen molar-refractivity contribution in [3.05, 3.63) is 0 Å². The van der Waals surface area contributed by atoms with Crippen molar-refractivity contribution < 1.29 is 0 Å². The van der Waals surface area contributed by atoms with Crippen molar-refractivity contribution in [1.29, 1.82) is 5.41 Å². The maximum Gasteiger partial charge on any atom is 0.166 e. The number of thioether (sulfide) groups is 1. The van der Waals surface area contributed by atoms with Gasteiger partial charge in [0.15, 0.2) is 5.17 Å².